The zero-order valence-corrected chi connectivity index (χ0v) is 16.3. The lowest BCUT2D eigenvalue weighted by Crippen LogP contribution is -2.27. The minimum absolute atomic E-state index is 0.0317. The molecule has 0 radical (unpaired) electrons. The average molecular weight is 419 g/mol. The molecule has 0 aromatic heterocycles. The monoisotopic (exact) mass is 419 g/mol. The van der Waals surface area contributed by atoms with Crippen molar-refractivity contribution in [2.75, 3.05) is 25.1 Å². The number of hydrogen-bond donors (Lipinski definition) is 3. The summed E-state index contributed by atoms with van der Waals surface area (Å²) < 4.78 is 38.3. The number of hydrogen-bond acceptors (Lipinski definition) is 6. The molecule has 4 N–H and O–H groups in total. The Morgan fingerprint density at radius 1 is 1.00 bits per heavy atom. The maximum Gasteiger partial charge on any atom is 0.248 e. The number of nitrogens with two attached hydrogens (primary N) is 1. The largest absolute Gasteiger partial charge is 0.490 e. The standard InChI is InChI=1S/C19H21N3O6S/c20-19(24)13-2-4-14(5-3-13)22-18(23)8-9-21-29(25,26)15-6-7-16-17(12-15)28-11-1-10-27-16/h2-7,12,21H,1,8-11H2,(H2,20,24)(H,22,23). The highest BCUT2D eigenvalue weighted by Crippen LogP contribution is 2.31. The van der Waals surface area contributed by atoms with Gasteiger partial charge in [-0.15, -0.1) is 0 Å². The number of carbonyl (C=O) groups is 2. The van der Waals surface area contributed by atoms with Crippen molar-refractivity contribution in [1.82, 2.24) is 4.72 Å². The van der Waals surface area contributed by atoms with E-state index in [0.717, 1.165) is 6.42 Å². The lowest BCUT2D eigenvalue weighted by molar-refractivity contribution is -0.116. The fourth-order valence-electron chi connectivity index (χ4n) is 2.63. The number of amides is 2. The third-order valence-electron chi connectivity index (χ3n) is 4.13. The summed E-state index contributed by atoms with van der Waals surface area (Å²) in [6.45, 7) is 0.879. The first-order valence-corrected chi connectivity index (χ1v) is 10.4. The van der Waals surface area contributed by atoms with Gasteiger partial charge in [-0.2, -0.15) is 0 Å². The average Bonchev–Trinajstić information content (AvgIpc) is 2.93. The van der Waals surface area contributed by atoms with Crippen LogP contribution in [0.2, 0.25) is 0 Å². The molecule has 0 aliphatic carbocycles. The molecule has 1 aliphatic rings. The van der Waals surface area contributed by atoms with E-state index in [4.69, 9.17) is 15.2 Å². The molecule has 0 bridgehead atoms. The minimum Gasteiger partial charge on any atom is -0.490 e. The van der Waals surface area contributed by atoms with Gasteiger partial charge in [0.25, 0.3) is 0 Å². The van der Waals surface area contributed by atoms with Crippen molar-refractivity contribution >= 4 is 27.5 Å². The van der Waals surface area contributed by atoms with E-state index in [-0.39, 0.29) is 23.8 Å². The summed E-state index contributed by atoms with van der Waals surface area (Å²) in [5, 5.41) is 2.62. The lowest BCUT2D eigenvalue weighted by atomic mass is 10.2. The highest BCUT2D eigenvalue weighted by atomic mass is 32.2. The van der Waals surface area contributed by atoms with E-state index in [9.17, 15) is 18.0 Å². The van der Waals surface area contributed by atoms with Crippen LogP contribution in [0.1, 0.15) is 23.2 Å². The number of anilines is 1. The highest BCUT2D eigenvalue weighted by molar-refractivity contribution is 7.89. The number of nitrogens with one attached hydrogen (secondary N) is 2. The van der Waals surface area contributed by atoms with Crippen molar-refractivity contribution in [3.05, 3.63) is 48.0 Å². The number of primary amides is 1. The van der Waals surface area contributed by atoms with Gasteiger partial charge in [0.15, 0.2) is 11.5 Å². The van der Waals surface area contributed by atoms with Crippen LogP contribution in [0.4, 0.5) is 5.69 Å². The summed E-state index contributed by atoms with van der Waals surface area (Å²) in [6.07, 6.45) is 0.650. The maximum atomic E-state index is 12.5. The van der Waals surface area contributed by atoms with E-state index >= 15 is 0 Å². The Morgan fingerprint density at radius 3 is 2.38 bits per heavy atom. The second-order valence-corrected chi connectivity index (χ2v) is 8.06. The second kappa shape index (κ2) is 8.93. The Bertz CT molecular complexity index is 1010. The summed E-state index contributed by atoms with van der Waals surface area (Å²) in [7, 11) is -3.81. The number of ether oxygens (including phenoxy) is 2. The molecule has 0 saturated heterocycles. The first kappa shape index (κ1) is 20.6. The van der Waals surface area contributed by atoms with Crippen LogP contribution >= 0.6 is 0 Å². The van der Waals surface area contributed by atoms with Gasteiger partial charge in [0, 0.05) is 36.7 Å². The van der Waals surface area contributed by atoms with Crippen LogP contribution in [-0.2, 0) is 14.8 Å². The van der Waals surface area contributed by atoms with Gasteiger partial charge in [-0.1, -0.05) is 0 Å². The number of fused-ring (bicyclic) bond motifs is 1. The van der Waals surface area contributed by atoms with Crippen molar-refractivity contribution < 1.29 is 27.5 Å². The maximum absolute atomic E-state index is 12.5. The van der Waals surface area contributed by atoms with Crippen LogP contribution in [0.3, 0.4) is 0 Å². The van der Waals surface area contributed by atoms with Gasteiger partial charge in [0.1, 0.15) is 0 Å². The number of sulfonamides is 1. The third kappa shape index (κ3) is 5.46. The molecule has 2 aromatic carbocycles. The van der Waals surface area contributed by atoms with Gasteiger partial charge in [0.2, 0.25) is 21.8 Å². The molecule has 10 heteroatoms. The van der Waals surface area contributed by atoms with Crippen LogP contribution in [0.15, 0.2) is 47.4 Å². The summed E-state index contributed by atoms with van der Waals surface area (Å²) in [4.78, 5) is 23.1. The van der Waals surface area contributed by atoms with E-state index in [1.165, 1.54) is 24.3 Å². The number of rotatable bonds is 7. The number of carbonyl (C=O) groups excluding carboxylic acids is 2. The van der Waals surface area contributed by atoms with E-state index in [1.807, 2.05) is 0 Å². The predicted octanol–water partition coefficient (Wildman–Crippen LogP) is 1.25. The molecule has 1 heterocycles. The molecule has 0 saturated carbocycles. The van der Waals surface area contributed by atoms with Crippen LogP contribution < -0.4 is 25.2 Å². The molecule has 2 aromatic rings. The molecular formula is C19H21N3O6S. The summed E-state index contributed by atoms with van der Waals surface area (Å²) in [5.74, 6) is -0.0593. The van der Waals surface area contributed by atoms with Crippen LogP contribution in [-0.4, -0.2) is 40.0 Å². The second-order valence-electron chi connectivity index (χ2n) is 6.30. The summed E-state index contributed by atoms with van der Waals surface area (Å²) >= 11 is 0. The molecular weight excluding hydrogens is 398 g/mol. The molecule has 3 rings (SSSR count). The molecule has 0 fully saturated rings. The fourth-order valence-corrected chi connectivity index (χ4v) is 3.68. The molecule has 0 spiro atoms. The molecule has 29 heavy (non-hydrogen) atoms. The SMILES string of the molecule is NC(=O)c1ccc(NC(=O)CCNS(=O)(=O)c2ccc3c(c2)OCCCO3)cc1. The lowest BCUT2D eigenvalue weighted by Gasteiger charge is -2.11. The third-order valence-corrected chi connectivity index (χ3v) is 5.59. The van der Waals surface area contributed by atoms with Gasteiger partial charge in [-0.05, 0) is 36.4 Å². The Hall–Kier alpha value is -3.11. The highest BCUT2D eigenvalue weighted by Gasteiger charge is 2.19. The van der Waals surface area contributed by atoms with Gasteiger partial charge in [-0.25, -0.2) is 13.1 Å². The topological polar surface area (TPSA) is 137 Å². The summed E-state index contributed by atoms with van der Waals surface area (Å²) in [5.41, 5.74) is 5.96. The number of benzene rings is 2. The molecule has 2 amide bonds. The predicted molar refractivity (Wildman–Crippen MR) is 105 cm³/mol. The molecule has 154 valence electrons. The van der Waals surface area contributed by atoms with Crippen LogP contribution in [0, 0.1) is 0 Å². The van der Waals surface area contributed by atoms with Crippen molar-refractivity contribution in [3.63, 3.8) is 0 Å². The van der Waals surface area contributed by atoms with Crippen molar-refractivity contribution in [3.8, 4) is 11.5 Å². The van der Waals surface area contributed by atoms with E-state index in [2.05, 4.69) is 10.0 Å². The zero-order chi connectivity index (χ0) is 20.9. The fraction of sp³-hybridized carbons (Fsp3) is 0.263. The van der Waals surface area contributed by atoms with Crippen molar-refractivity contribution in [2.45, 2.75) is 17.7 Å². The molecule has 9 nitrogen and oxygen atoms in total. The normalized spacial score (nSPS) is 13.4. The van der Waals surface area contributed by atoms with Gasteiger partial charge >= 0.3 is 0 Å². The van der Waals surface area contributed by atoms with E-state index in [0.29, 0.717) is 36.0 Å². The Labute approximate surface area is 168 Å². The Balaban J connectivity index is 1.54. The first-order chi connectivity index (χ1) is 13.8. The zero-order valence-electron chi connectivity index (χ0n) is 15.5. The molecule has 0 atom stereocenters. The van der Waals surface area contributed by atoms with Crippen molar-refractivity contribution in [2.24, 2.45) is 5.73 Å². The van der Waals surface area contributed by atoms with E-state index in [1.54, 1.807) is 18.2 Å². The quantitative estimate of drug-likeness (QED) is 0.618. The van der Waals surface area contributed by atoms with Crippen LogP contribution in [0.5, 0.6) is 11.5 Å². The summed E-state index contributed by atoms with van der Waals surface area (Å²) in [6, 6.07) is 10.5. The minimum atomic E-state index is -3.81. The molecule has 1 aliphatic heterocycles. The Kier molecular flexibility index (Phi) is 6.35. The smallest absolute Gasteiger partial charge is 0.248 e. The van der Waals surface area contributed by atoms with Gasteiger partial charge in [0.05, 0.1) is 18.1 Å². The first-order valence-electron chi connectivity index (χ1n) is 8.94. The van der Waals surface area contributed by atoms with Gasteiger partial charge in [-0.3, -0.25) is 9.59 Å². The molecule has 0 unspecified atom stereocenters. The Morgan fingerprint density at radius 2 is 1.69 bits per heavy atom. The van der Waals surface area contributed by atoms with Gasteiger partial charge < -0.3 is 20.5 Å². The van der Waals surface area contributed by atoms with Crippen molar-refractivity contribution in [1.29, 1.82) is 0 Å². The van der Waals surface area contributed by atoms with E-state index < -0.39 is 15.9 Å². The van der Waals surface area contributed by atoms with Crippen LogP contribution in [0.25, 0.3) is 0 Å².